The molecule has 24 heavy (non-hydrogen) atoms. The molecule has 1 aromatic carbocycles. The van der Waals surface area contributed by atoms with Gasteiger partial charge < -0.3 is 9.72 Å². The fourth-order valence-corrected chi connectivity index (χ4v) is 4.39. The van der Waals surface area contributed by atoms with Crippen molar-refractivity contribution in [2.24, 2.45) is 0 Å². The van der Waals surface area contributed by atoms with Crippen LogP contribution in [0.3, 0.4) is 0 Å². The fourth-order valence-electron chi connectivity index (χ4n) is 4.39. The first-order valence-electron chi connectivity index (χ1n) is 8.11. The van der Waals surface area contributed by atoms with Gasteiger partial charge >= 0.3 is 0 Å². The lowest BCUT2D eigenvalue weighted by atomic mass is 9.62. The van der Waals surface area contributed by atoms with E-state index in [0.717, 1.165) is 36.1 Å². The quantitative estimate of drug-likeness (QED) is 0.667. The molecule has 5 rings (SSSR count). The second kappa shape index (κ2) is 4.56. The summed E-state index contributed by atoms with van der Waals surface area (Å²) in [7, 11) is 0. The molecule has 0 radical (unpaired) electrons. The van der Waals surface area contributed by atoms with Crippen molar-refractivity contribution in [3.8, 4) is 11.8 Å². The van der Waals surface area contributed by atoms with E-state index in [1.165, 1.54) is 11.9 Å². The number of hydrogen-bond acceptors (Lipinski definition) is 4. The summed E-state index contributed by atoms with van der Waals surface area (Å²) in [4.78, 5) is 19.8. The highest BCUT2D eigenvalue weighted by Gasteiger charge is 2.50. The summed E-state index contributed by atoms with van der Waals surface area (Å²) in [6, 6.07) is 8.34. The highest BCUT2D eigenvalue weighted by atomic mass is 16.5. The topological polar surface area (TPSA) is 83.7 Å². The molecule has 1 aliphatic carbocycles. The summed E-state index contributed by atoms with van der Waals surface area (Å²) < 4.78 is 5.85. The van der Waals surface area contributed by atoms with Gasteiger partial charge in [0.2, 0.25) is 11.8 Å². The van der Waals surface area contributed by atoms with Crippen molar-refractivity contribution in [1.29, 1.82) is 0 Å². The number of benzene rings is 1. The Morgan fingerprint density at radius 3 is 3.00 bits per heavy atom. The molecule has 2 aromatic heterocycles. The van der Waals surface area contributed by atoms with Crippen LogP contribution < -0.4 is 10.3 Å². The third-order valence-corrected chi connectivity index (χ3v) is 5.25. The number of aryl methyl sites for hydroxylation is 2. The van der Waals surface area contributed by atoms with E-state index in [1.807, 2.05) is 13.0 Å². The number of aromatic amines is 2. The van der Waals surface area contributed by atoms with Crippen molar-refractivity contribution in [2.75, 3.05) is 0 Å². The molecule has 1 atom stereocenters. The number of fused-ring (bicyclic) bond motifs is 6. The molecule has 3 aromatic rings. The molecular formula is C18H16N4O2. The average Bonchev–Trinajstić information content (AvgIpc) is 2.97. The second-order valence-electron chi connectivity index (χ2n) is 6.46. The molecular weight excluding hydrogens is 304 g/mol. The molecule has 0 saturated carbocycles. The van der Waals surface area contributed by atoms with Gasteiger partial charge in [-0.15, -0.1) is 5.10 Å². The summed E-state index contributed by atoms with van der Waals surface area (Å²) in [5.74, 6) is 0.879. The lowest BCUT2D eigenvalue weighted by molar-refractivity contribution is 0.365. The van der Waals surface area contributed by atoms with Gasteiger partial charge in [-0.2, -0.15) is 0 Å². The summed E-state index contributed by atoms with van der Waals surface area (Å²) in [6.07, 6.45) is 4.23. The highest BCUT2D eigenvalue weighted by Crippen LogP contribution is 2.54. The standard InChI is InChI=1S/C18H16N4O2/c1-10-13-17(22-21-10)24-16-14(15(23)19-9-20-16)18(13)8-4-6-11-5-2-3-7-12(11)18/h2-3,5,7,9H,4,6,8H2,1H3,(H,21,22)(H,19,20,23). The maximum atomic E-state index is 12.8. The fraction of sp³-hybridized carbons (Fsp3) is 0.278. The highest BCUT2D eigenvalue weighted by molar-refractivity contribution is 5.62. The van der Waals surface area contributed by atoms with Crippen molar-refractivity contribution in [2.45, 2.75) is 31.6 Å². The van der Waals surface area contributed by atoms with Gasteiger partial charge in [0, 0.05) is 5.69 Å². The third-order valence-electron chi connectivity index (χ3n) is 5.25. The Bertz CT molecular complexity index is 1020. The minimum Gasteiger partial charge on any atom is -0.418 e. The SMILES string of the molecule is Cc1[nH]nc2c1C1(CCCc3ccccc31)c1c(nc[nH]c1=O)O2. The molecule has 0 bridgehead atoms. The van der Waals surface area contributed by atoms with Crippen LogP contribution in [0.1, 0.15) is 40.8 Å². The van der Waals surface area contributed by atoms with Crippen LogP contribution in [0.2, 0.25) is 0 Å². The normalized spacial score (nSPS) is 20.9. The summed E-state index contributed by atoms with van der Waals surface area (Å²) in [6.45, 7) is 1.98. The Hall–Kier alpha value is -2.89. The average molecular weight is 320 g/mol. The van der Waals surface area contributed by atoms with Crippen LogP contribution in [0.15, 0.2) is 35.4 Å². The first kappa shape index (κ1) is 13.5. The Morgan fingerprint density at radius 1 is 1.21 bits per heavy atom. The van der Waals surface area contributed by atoms with E-state index >= 15 is 0 Å². The minimum atomic E-state index is -0.559. The third kappa shape index (κ3) is 1.52. The van der Waals surface area contributed by atoms with Crippen LogP contribution in [-0.2, 0) is 11.8 Å². The van der Waals surface area contributed by atoms with Crippen LogP contribution in [0.25, 0.3) is 0 Å². The maximum absolute atomic E-state index is 12.8. The molecule has 6 nitrogen and oxygen atoms in total. The van der Waals surface area contributed by atoms with E-state index in [4.69, 9.17) is 4.74 Å². The second-order valence-corrected chi connectivity index (χ2v) is 6.46. The van der Waals surface area contributed by atoms with Crippen molar-refractivity contribution < 1.29 is 4.74 Å². The molecule has 0 amide bonds. The summed E-state index contributed by atoms with van der Waals surface area (Å²) in [5.41, 5.74) is 4.20. The lowest BCUT2D eigenvalue weighted by Gasteiger charge is -2.41. The van der Waals surface area contributed by atoms with E-state index in [2.05, 4.69) is 38.4 Å². The smallest absolute Gasteiger partial charge is 0.259 e. The van der Waals surface area contributed by atoms with Crippen LogP contribution in [0, 0.1) is 6.92 Å². The Labute approximate surface area is 137 Å². The van der Waals surface area contributed by atoms with Crippen LogP contribution >= 0.6 is 0 Å². The molecule has 1 unspecified atom stereocenters. The molecule has 120 valence electrons. The monoisotopic (exact) mass is 320 g/mol. The van der Waals surface area contributed by atoms with E-state index in [9.17, 15) is 4.79 Å². The Morgan fingerprint density at radius 2 is 2.08 bits per heavy atom. The number of rotatable bonds is 0. The molecule has 2 N–H and O–H groups in total. The number of nitrogens with zero attached hydrogens (tertiary/aromatic N) is 2. The van der Waals surface area contributed by atoms with Gasteiger partial charge in [-0.05, 0) is 37.3 Å². The van der Waals surface area contributed by atoms with Crippen LogP contribution in [0.5, 0.6) is 11.8 Å². The van der Waals surface area contributed by atoms with Gasteiger partial charge in [-0.25, -0.2) is 4.98 Å². The maximum Gasteiger partial charge on any atom is 0.259 e. The van der Waals surface area contributed by atoms with Gasteiger partial charge in [-0.1, -0.05) is 24.3 Å². The first-order valence-corrected chi connectivity index (χ1v) is 8.11. The number of H-pyrrole nitrogens is 2. The van der Waals surface area contributed by atoms with E-state index < -0.39 is 5.41 Å². The van der Waals surface area contributed by atoms with Crippen LogP contribution in [-0.4, -0.2) is 20.2 Å². The van der Waals surface area contributed by atoms with Gasteiger partial charge in [0.15, 0.2) is 0 Å². The predicted molar refractivity (Wildman–Crippen MR) is 87.5 cm³/mol. The lowest BCUT2D eigenvalue weighted by Crippen LogP contribution is -2.41. The zero-order chi connectivity index (χ0) is 16.3. The zero-order valence-electron chi connectivity index (χ0n) is 13.2. The molecule has 2 aliphatic rings. The van der Waals surface area contributed by atoms with Crippen molar-refractivity contribution in [3.63, 3.8) is 0 Å². The number of aromatic nitrogens is 4. The minimum absolute atomic E-state index is 0.150. The van der Waals surface area contributed by atoms with Crippen LogP contribution in [0.4, 0.5) is 0 Å². The van der Waals surface area contributed by atoms with Gasteiger partial charge in [0.1, 0.15) is 0 Å². The zero-order valence-corrected chi connectivity index (χ0v) is 13.2. The number of ether oxygens (including phenoxy) is 1. The molecule has 1 aliphatic heterocycles. The largest absolute Gasteiger partial charge is 0.418 e. The van der Waals surface area contributed by atoms with Gasteiger partial charge in [0.25, 0.3) is 5.56 Å². The molecule has 0 fully saturated rings. The van der Waals surface area contributed by atoms with Crippen molar-refractivity contribution in [1.82, 2.24) is 20.2 Å². The molecule has 6 heteroatoms. The summed E-state index contributed by atoms with van der Waals surface area (Å²) >= 11 is 0. The summed E-state index contributed by atoms with van der Waals surface area (Å²) in [5, 5.41) is 7.33. The van der Waals surface area contributed by atoms with E-state index in [-0.39, 0.29) is 5.56 Å². The molecule has 1 spiro atoms. The Balaban J connectivity index is 1.97. The van der Waals surface area contributed by atoms with Crippen molar-refractivity contribution in [3.05, 3.63) is 68.9 Å². The van der Waals surface area contributed by atoms with Gasteiger partial charge in [0.05, 0.1) is 22.9 Å². The molecule has 0 saturated heterocycles. The van der Waals surface area contributed by atoms with Gasteiger partial charge in [-0.3, -0.25) is 9.89 Å². The predicted octanol–water partition coefficient (Wildman–Crippen LogP) is 2.58. The molecule has 3 heterocycles. The van der Waals surface area contributed by atoms with E-state index in [1.54, 1.807) is 0 Å². The van der Waals surface area contributed by atoms with Crippen molar-refractivity contribution >= 4 is 0 Å². The number of nitrogens with one attached hydrogen (secondary N) is 2. The Kier molecular flexibility index (Phi) is 2.58. The first-order chi connectivity index (χ1) is 11.7. The number of hydrogen-bond donors (Lipinski definition) is 2. The van der Waals surface area contributed by atoms with E-state index in [0.29, 0.717) is 17.3 Å².